The Labute approximate surface area is 166 Å². The molecule has 2 aromatic carbocycles. The van der Waals surface area contributed by atoms with Gasteiger partial charge in [-0.05, 0) is 50.3 Å². The molecule has 0 radical (unpaired) electrons. The van der Waals surface area contributed by atoms with Crippen LogP contribution in [-0.2, 0) is 16.0 Å². The van der Waals surface area contributed by atoms with Gasteiger partial charge in [-0.25, -0.2) is 4.79 Å². The van der Waals surface area contributed by atoms with Crippen LogP contribution in [0.4, 0.5) is 4.79 Å². The van der Waals surface area contributed by atoms with Crippen LogP contribution in [0.15, 0.2) is 54.6 Å². The number of nitrogens with one attached hydrogen (secondary N) is 1. The maximum Gasteiger partial charge on any atom is 0.407 e. The second kappa shape index (κ2) is 9.40. The molecule has 0 spiro atoms. The van der Waals surface area contributed by atoms with Crippen molar-refractivity contribution in [2.24, 2.45) is 5.92 Å². The van der Waals surface area contributed by atoms with Gasteiger partial charge in [-0.15, -0.1) is 0 Å². The smallest absolute Gasteiger partial charge is 0.407 e. The summed E-state index contributed by atoms with van der Waals surface area (Å²) in [4.78, 5) is 23.9. The minimum absolute atomic E-state index is 0.415. The molecule has 5 nitrogen and oxygen atoms in total. The van der Waals surface area contributed by atoms with Crippen LogP contribution in [0.1, 0.15) is 39.7 Å². The number of amides is 1. The summed E-state index contributed by atoms with van der Waals surface area (Å²) in [7, 11) is 0. The van der Waals surface area contributed by atoms with Crippen LogP contribution < -0.4 is 5.32 Å². The number of alkyl carbamates (subject to hydrolysis) is 1. The van der Waals surface area contributed by atoms with Gasteiger partial charge >= 0.3 is 12.1 Å². The van der Waals surface area contributed by atoms with Gasteiger partial charge in [0.25, 0.3) is 0 Å². The number of hydrogen-bond donors (Lipinski definition) is 2. The van der Waals surface area contributed by atoms with Crippen molar-refractivity contribution in [3.05, 3.63) is 60.2 Å². The number of rotatable bonds is 7. The van der Waals surface area contributed by atoms with Crippen LogP contribution in [0, 0.1) is 5.92 Å². The fraction of sp³-hybridized carbons (Fsp3) is 0.391. The highest BCUT2D eigenvalue weighted by molar-refractivity contribution is 5.74. The Balaban J connectivity index is 2.17. The van der Waals surface area contributed by atoms with E-state index in [-0.39, 0.29) is 0 Å². The van der Waals surface area contributed by atoms with E-state index in [1.807, 2.05) is 54.6 Å². The number of carboxylic acid groups (broad SMARTS) is 1. The van der Waals surface area contributed by atoms with Crippen molar-refractivity contribution in [1.29, 1.82) is 0 Å². The third kappa shape index (κ3) is 6.41. The van der Waals surface area contributed by atoms with E-state index in [2.05, 4.69) is 5.32 Å². The maximum absolute atomic E-state index is 12.2. The Morgan fingerprint density at radius 3 is 2.07 bits per heavy atom. The summed E-state index contributed by atoms with van der Waals surface area (Å²) < 4.78 is 5.31. The molecule has 5 heteroatoms. The highest BCUT2D eigenvalue weighted by atomic mass is 16.6. The molecule has 2 N–H and O–H groups in total. The predicted molar refractivity (Wildman–Crippen MR) is 110 cm³/mol. The summed E-state index contributed by atoms with van der Waals surface area (Å²) in [6, 6.07) is 17.4. The van der Waals surface area contributed by atoms with Crippen LogP contribution in [0.2, 0.25) is 0 Å². The topological polar surface area (TPSA) is 75.6 Å². The van der Waals surface area contributed by atoms with E-state index in [0.29, 0.717) is 12.8 Å². The second-order valence-corrected chi connectivity index (χ2v) is 7.87. The number of benzene rings is 2. The molecule has 0 heterocycles. The largest absolute Gasteiger partial charge is 0.481 e. The molecule has 2 rings (SSSR count). The lowest BCUT2D eigenvalue weighted by Gasteiger charge is -2.27. The molecule has 0 saturated heterocycles. The monoisotopic (exact) mass is 383 g/mol. The lowest BCUT2D eigenvalue weighted by molar-refractivity contribution is -0.142. The highest BCUT2D eigenvalue weighted by Gasteiger charge is 2.29. The van der Waals surface area contributed by atoms with Gasteiger partial charge in [-0.3, -0.25) is 4.79 Å². The summed E-state index contributed by atoms with van der Waals surface area (Å²) in [6.07, 6.45) is 0.231. The minimum Gasteiger partial charge on any atom is -0.481 e. The van der Waals surface area contributed by atoms with E-state index in [1.165, 1.54) is 0 Å². The average Bonchev–Trinajstić information content (AvgIpc) is 2.61. The molecule has 0 saturated carbocycles. The van der Waals surface area contributed by atoms with Crippen LogP contribution in [0.5, 0.6) is 0 Å². The second-order valence-electron chi connectivity index (χ2n) is 7.87. The third-order valence-corrected chi connectivity index (χ3v) is 4.46. The van der Waals surface area contributed by atoms with Gasteiger partial charge in [0.1, 0.15) is 5.60 Å². The fourth-order valence-electron chi connectivity index (χ4n) is 3.10. The van der Waals surface area contributed by atoms with Crippen LogP contribution in [-0.4, -0.2) is 28.8 Å². The maximum atomic E-state index is 12.2. The van der Waals surface area contributed by atoms with Gasteiger partial charge < -0.3 is 15.2 Å². The SMILES string of the molecule is CC[C@@H](C(=O)O)C(Cc1ccc(-c2ccccc2)cc1)NC(=O)OC(C)(C)C. The number of aliphatic carboxylic acids is 1. The van der Waals surface area contributed by atoms with Gasteiger partial charge in [-0.1, -0.05) is 61.5 Å². The molecular formula is C23H29NO4. The van der Waals surface area contributed by atoms with E-state index in [4.69, 9.17) is 4.74 Å². The van der Waals surface area contributed by atoms with Gasteiger partial charge in [0.2, 0.25) is 0 Å². The van der Waals surface area contributed by atoms with E-state index in [9.17, 15) is 14.7 Å². The molecule has 0 bridgehead atoms. The molecule has 0 aliphatic carbocycles. The van der Waals surface area contributed by atoms with Gasteiger partial charge in [0.15, 0.2) is 0 Å². The summed E-state index contributed by atoms with van der Waals surface area (Å²) in [6.45, 7) is 7.14. The molecule has 0 aromatic heterocycles. The molecule has 0 aliphatic rings. The third-order valence-electron chi connectivity index (χ3n) is 4.46. The molecule has 1 amide bonds. The van der Waals surface area contributed by atoms with Crippen molar-refractivity contribution in [2.75, 3.05) is 0 Å². The average molecular weight is 383 g/mol. The molecule has 0 aliphatic heterocycles. The predicted octanol–water partition coefficient (Wildman–Crippen LogP) is 4.90. The Bertz CT molecular complexity index is 778. The zero-order valence-corrected chi connectivity index (χ0v) is 16.9. The van der Waals surface area contributed by atoms with Crippen molar-refractivity contribution in [2.45, 2.75) is 52.2 Å². The first kappa shape index (κ1) is 21.5. The van der Waals surface area contributed by atoms with Crippen molar-refractivity contribution < 1.29 is 19.4 Å². The van der Waals surface area contributed by atoms with Gasteiger partial charge in [0, 0.05) is 6.04 Å². The summed E-state index contributed by atoms with van der Waals surface area (Å²) >= 11 is 0. The standard InChI is InChI=1S/C23H29NO4/c1-5-19(21(25)26)20(24-22(27)28-23(2,3)4)15-16-11-13-18(14-12-16)17-9-7-6-8-10-17/h6-14,19-20H,5,15H2,1-4H3,(H,24,27)(H,25,26)/t19-,20?/m1/s1. The lowest BCUT2D eigenvalue weighted by Crippen LogP contribution is -2.46. The Kier molecular flexibility index (Phi) is 7.21. The number of ether oxygens (including phenoxy) is 1. The Hall–Kier alpha value is -2.82. The first-order valence-corrected chi connectivity index (χ1v) is 9.56. The fourth-order valence-corrected chi connectivity index (χ4v) is 3.10. The molecule has 150 valence electrons. The number of hydrogen-bond acceptors (Lipinski definition) is 3. The van der Waals surface area contributed by atoms with Crippen molar-refractivity contribution >= 4 is 12.1 Å². The lowest BCUT2D eigenvalue weighted by atomic mass is 9.91. The number of carboxylic acids is 1. The molecule has 1 unspecified atom stereocenters. The van der Waals surface area contributed by atoms with Crippen LogP contribution >= 0.6 is 0 Å². The Morgan fingerprint density at radius 1 is 1.00 bits per heavy atom. The number of carbonyl (C=O) groups excluding carboxylic acids is 1. The van der Waals surface area contributed by atoms with Gasteiger partial charge in [-0.2, -0.15) is 0 Å². The van der Waals surface area contributed by atoms with Gasteiger partial charge in [0.05, 0.1) is 5.92 Å². The molecule has 28 heavy (non-hydrogen) atoms. The first-order valence-electron chi connectivity index (χ1n) is 9.56. The molecular weight excluding hydrogens is 354 g/mol. The van der Waals surface area contributed by atoms with E-state index in [0.717, 1.165) is 16.7 Å². The first-order chi connectivity index (χ1) is 13.2. The Morgan fingerprint density at radius 2 is 1.57 bits per heavy atom. The summed E-state index contributed by atoms with van der Waals surface area (Å²) in [5, 5.41) is 12.3. The molecule has 2 aromatic rings. The zero-order valence-electron chi connectivity index (χ0n) is 16.9. The van der Waals surface area contributed by atoms with E-state index >= 15 is 0 Å². The summed E-state index contributed by atoms with van der Waals surface area (Å²) in [5.41, 5.74) is 2.53. The quantitative estimate of drug-likeness (QED) is 0.713. The van der Waals surface area contributed by atoms with Crippen molar-refractivity contribution in [1.82, 2.24) is 5.32 Å². The highest BCUT2D eigenvalue weighted by Crippen LogP contribution is 2.21. The zero-order chi connectivity index (χ0) is 20.7. The van der Waals surface area contributed by atoms with Crippen LogP contribution in [0.25, 0.3) is 11.1 Å². The number of carbonyl (C=O) groups is 2. The van der Waals surface area contributed by atoms with Crippen molar-refractivity contribution in [3.63, 3.8) is 0 Å². The van der Waals surface area contributed by atoms with E-state index in [1.54, 1.807) is 27.7 Å². The van der Waals surface area contributed by atoms with Crippen molar-refractivity contribution in [3.8, 4) is 11.1 Å². The normalized spacial score (nSPS) is 13.4. The molecule has 2 atom stereocenters. The van der Waals surface area contributed by atoms with E-state index < -0.39 is 29.6 Å². The summed E-state index contributed by atoms with van der Waals surface area (Å²) in [5.74, 6) is -1.62. The minimum atomic E-state index is -0.926. The molecule has 0 fully saturated rings. The van der Waals surface area contributed by atoms with Crippen LogP contribution in [0.3, 0.4) is 0 Å².